The number of nitrogens with zero attached hydrogens (tertiary/aromatic N) is 1. The minimum Gasteiger partial charge on any atom is -0.479 e. The number of carbonyl (C=O) groups is 1. The van der Waals surface area contributed by atoms with Gasteiger partial charge in [-0.3, -0.25) is 4.79 Å². The summed E-state index contributed by atoms with van der Waals surface area (Å²) in [7, 11) is 1.76. The quantitative estimate of drug-likeness (QED) is 0.928. The number of likely N-dealkylation sites (N-methyl/N-ethyl adjacent to an activating group) is 1. The van der Waals surface area contributed by atoms with E-state index in [9.17, 15) is 4.79 Å². The molecule has 4 nitrogen and oxygen atoms in total. The van der Waals surface area contributed by atoms with Crippen LogP contribution in [0.2, 0.25) is 10.0 Å². The Kier molecular flexibility index (Phi) is 4.78. The van der Waals surface area contributed by atoms with Crippen molar-refractivity contribution in [1.29, 1.82) is 0 Å². The molecule has 2 rings (SSSR count). The van der Waals surface area contributed by atoms with Crippen molar-refractivity contribution in [2.24, 2.45) is 5.73 Å². The van der Waals surface area contributed by atoms with Gasteiger partial charge < -0.3 is 15.4 Å². The second-order valence-corrected chi connectivity index (χ2v) is 6.06. The third-order valence-corrected chi connectivity index (χ3v) is 3.76. The lowest BCUT2D eigenvalue weighted by Crippen LogP contribution is -2.30. The zero-order chi connectivity index (χ0) is 14.9. The monoisotopic (exact) mass is 316 g/mol. The Labute approximate surface area is 128 Å². The molecule has 0 aliphatic carbocycles. The molecule has 6 heteroatoms. The van der Waals surface area contributed by atoms with Crippen LogP contribution in [-0.4, -0.2) is 36.5 Å². The first-order chi connectivity index (χ1) is 9.38. The number of likely N-dealkylation sites (tertiary alicyclic amines) is 1. The summed E-state index contributed by atoms with van der Waals surface area (Å²) >= 11 is 12.2. The zero-order valence-electron chi connectivity index (χ0n) is 11.5. The van der Waals surface area contributed by atoms with Crippen LogP contribution >= 0.6 is 23.2 Å². The van der Waals surface area contributed by atoms with Crippen LogP contribution in [0.5, 0.6) is 5.75 Å². The van der Waals surface area contributed by atoms with Gasteiger partial charge in [-0.25, -0.2) is 0 Å². The van der Waals surface area contributed by atoms with Gasteiger partial charge in [0, 0.05) is 31.1 Å². The Bertz CT molecular complexity index is 520. The fourth-order valence-electron chi connectivity index (χ4n) is 2.29. The summed E-state index contributed by atoms with van der Waals surface area (Å²) in [5, 5.41) is 0.948. The molecule has 0 saturated carbocycles. The summed E-state index contributed by atoms with van der Waals surface area (Å²) in [5.74, 6) is 0.491. The van der Waals surface area contributed by atoms with E-state index < -0.39 is 6.10 Å². The van der Waals surface area contributed by atoms with Gasteiger partial charge in [0.1, 0.15) is 5.75 Å². The SMILES string of the molecule is CC(N)Cc1cc(Cl)cc(Cl)c1OC1CCN(C)C1=O. The third-order valence-electron chi connectivity index (χ3n) is 3.27. The molecular weight excluding hydrogens is 299 g/mol. The number of ether oxygens (including phenoxy) is 1. The van der Waals surface area contributed by atoms with Gasteiger partial charge in [0.05, 0.1) is 5.02 Å². The van der Waals surface area contributed by atoms with Crippen molar-refractivity contribution in [1.82, 2.24) is 4.90 Å². The first-order valence-corrected chi connectivity index (χ1v) is 7.29. The average Bonchev–Trinajstić information content (AvgIpc) is 2.64. The molecule has 1 amide bonds. The molecule has 1 aliphatic heterocycles. The molecule has 20 heavy (non-hydrogen) atoms. The molecule has 2 atom stereocenters. The van der Waals surface area contributed by atoms with Crippen molar-refractivity contribution < 1.29 is 9.53 Å². The third kappa shape index (κ3) is 3.37. The summed E-state index contributed by atoms with van der Waals surface area (Å²) in [6.07, 6.45) is 0.767. The molecule has 110 valence electrons. The molecular formula is C14H18Cl2N2O2. The summed E-state index contributed by atoms with van der Waals surface area (Å²) < 4.78 is 5.84. The smallest absolute Gasteiger partial charge is 0.263 e. The predicted octanol–water partition coefficient (Wildman–Crippen LogP) is 2.49. The van der Waals surface area contributed by atoms with Crippen LogP contribution in [0.25, 0.3) is 0 Å². The number of hydrogen-bond acceptors (Lipinski definition) is 3. The van der Waals surface area contributed by atoms with Crippen LogP contribution in [0.1, 0.15) is 18.9 Å². The van der Waals surface area contributed by atoms with Crippen molar-refractivity contribution in [2.75, 3.05) is 13.6 Å². The van der Waals surface area contributed by atoms with E-state index in [-0.39, 0.29) is 11.9 Å². The van der Waals surface area contributed by atoms with E-state index in [0.717, 1.165) is 5.56 Å². The van der Waals surface area contributed by atoms with E-state index in [2.05, 4.69) is 0 Å². The Balaban J connectivity index is 2.28. The Morgan fingerprint density at radius 1 is 1.50 bits per heavy atom. The molecule has 1 aromatic carbocycles. The highest BCUT2D eigenvalue weighted by Crippen LogP contribution is 2.35. The number of rotatable bonds is 4. The zero-order valence-corrected chi connectivity index (χ0v) is 13.0. The van der Waals surface area contributed by atoms with Gasteiger partial charge in [0.2, 0.25) is 0 Å². The molecule has 1 aromatic rings. The fraction of sp³-hybridized carbons (Fsp3) is 0.500. The molecule has 0 bridgehead atoms. The van der Waals surface area contributed by atoms with Gasteiger partial charge in [-0.15, -0.1) is 0 Å². The minimum atomic E-state index is -0.481. The normalized spacial score (nSPS) is 20.4. The van der Waals surface area contributed by atoms with E-state index in [4.69, 9.17) is 33.7 Å². The Morgan fingerprint density at radius 3 is 2.75 bits per heavy atom. The first kappa shape index (κ1) is 15.4. The van der Waals surface area contributed by atoms with Crippen molar-refractivity contribution in [2.45, 2.75) is 31.9 Å². The molecule has 1 heterocycles. The number of hydrogen-bond donors (Lipinski definition) is 1. The molecule has 0 radical (unpaired) electrons. The topological polar surface area (TPSA) is 55.6 Å². The number of halogens is 2. The highest BCUT2D eigenvalue weighted by Gasteiger charge is 2.32. The largest absolute Gasteiger partial charge is 0.479 e. The van der Waals surface area contributed by atoms with E-state index in [1.54, 1.807) is 24.1 Å². The maximum absolute atomic E-state index is 11.9. The number of carbonyl (C=O) groups excluding carboxylic acids is 1. The second kappa shape index (κ2) is 6.20. The van der Waals surface area contributed by atoms with Crippen molar-refractivity contribution in [3.63, 3.8) is 0 Å². The molecule has 0 spiro atoms. The van der Waals surface area contributed by atoms with Gasteiger partial charge in [-0.1, -0.05) is 23.2 Å². The lowest BCUT2D eigenvalue weighted by atomic mass is 10.1. The maximum atomic E-state index is 11.9. The van der Waals surface area contributed by atoms with Crippen molar-refractivity contribution >= 4 is 29.1 Å². The van der Waals surface area contributed by atoms with Crippen LogP contribution < -0.4 is 10.5 Å². The number of nitrogens with two attached hydrogens (primary N) is 1. The van der Waals surface area contributed by atoms with Crippen molar-refractivity contribution in [3.05, 3.63) is 27.7 Å². The Morgan fingerprint density at radius 2 is 2.20 bits per heavy atom. The fourth-order valence-corrected chi connectivity index (χ4v) is 2.87. The Hall–Kier alpha value is -0.970. The molecule has 1 saturated heterocycles. The van der Waals surface area contributed by atoms with Gasteiger partial charge in [-0.05, 0) is 31.0 Å². The second-order valence-electron chi connectivity index (χ2n) is 5.21. The highest BCUT2D eigenvalue weighted by atomic mass is 35.5. The van der Waals surface area contributed by atoms with Gasteiger partial charge in [-0.2, -0.15) is 0 Å². The summed E-state index contributed by atoms with van der Waals surface area (Å²) in [5.41, 5.74) is 6.67. The molecule has 1 aliphatic rings. The molecule has 2 N–H and O–H groups in total. The first-order valence-electron chi connectivity index (χ1n) is 6.53. The van der Waals surface area contributed by atoms with Gasteiger partial charge >= 0.3 is 0 Å². The van der Waals surface area contributed by atoms with Crippen LogP contribution in [-0.2, 0) is 11.2 Å². The molecule has 2 unspecified atom stereocenters. The maximum Gasteiger partial charge on any atom is 0.263 e. The lowest BCUT2D eigenvalue weighted by Gasteiger charge is -2.18. The van der Waals surface area contributed by atoms with Gasteiger partial charge in [0.25, 0.3) is 5.91 Å². The van der Waals surface area contributed by atoms with E-state index >= 15 is 0 Å². The average molecular weight is 317 g/mol. The number of benzene rings is 1. The minimum absolute atomic E-state index is 0.0252. The number of amides is 1. The predicted molar refractivity (Wildman–Crippen MR) is 80.5 cm³/mol. The van der Waals surface area contributed by atoms with E-state index in [1.165, 1.54) is 0 Å². The summed E-state index contributed by atoms with van der Waals surface area (Å²) in [4.78, 5) is 13.6. The molecule has 1 fully saturated rings. The highest BCUT2D eigenvalue weighted by molar-refractivity contribution is 6.35. The van der Waals surface area contributed by atoms with E-state index in [1.807, 2.05) is 6.92 Å². The van der Waals surface area contributed by atoms with Crippen LogP contribution in [0.4, 0.5) is 0 Å². The van der Waals surface area contributed by atoms with E-state index in [0.29, 0.717) is 35.2 Å². The van der Waals surface area contributed by atoms with Crippen LogP contribution in [0.3, 0.4) is 0 Å². The van der Waals surface area contributed by atoms with Crippen LogP contribution in [0.15, 0.2) is 12.1 Å². The van der Waals surface area contributed by atoms with Crippen molar-refractivity contribution in [3.8, 4) is 5.75 Å². The summed E-state index contributed by atoms with van der Waals surface area (Å²) in [6, 6.07) is 3.36. The summed E-state index contributed by atoms with van der Waals surface area (Å²) in [6.45, 7) is 2.59. The van der Waals surface area contributed by atoms with Gasteiger partial charge in [0.15, 0.2) is 6.10 Å². The molecule has 0 aromatic heterocycles. The standard InChI is InChI=1S/C14H18Cl2N2O2/c1-8(17)5-9-6-10(15)7-11(16)13(9)20-12-3-4-18(2)14(12)19/h6-8,12H,3-5,17H2,1-2H3. The van der Waals surface area contributed by atoms with Crippen LogP contribution in [0, 0.1) is 0 Å². The lowest BCUT2D eigenvalue weighted by molar-refractivity contribution is -0.132.